The summed E-state index contributed by atoms with van der Waals surface area (Å²) in [5.41, 5.74) is 1.78. The minimum Gasteiger partial charge on any atom is -0.496 e. The molecule has 0 amide bonds. The van der Waals surface area contributed by atoms with Gasteiger partial charge >= 0.3 is 0 Å². The van der Waals surface area contributed by atoms with Crippen molar-refractivity contribution in [1.82, 2.24) is 0 Å². The van der Waals surface area contributed by atoms with E-state index < -0.39 is 0 Å². The third-order valence-electron chi connectivity index (χ3n) is 3.21. The highest BCUT2D eigenvalue weighted by Gasteiger charge is 2.12. The Balaban J connectivity index is 2.13. The Morgan fingerprint density at radius 1 is 0.952 bits per heavy atom. The molecule has 2 rings (SSSR count). The van der Waals surface area contributed by atoms with E-state index >= 15 is 0 Å². The second-order valence-electron chi connectivity index (χ2n) is 4.66. The number of halogens is 1. The van der Waals surface area contributed by atoms with E-state index in [1.54, 1.807) is 14.2 Å². The molecule has 3 nitrogen and oxygen atoms in total. The van der Waals surface area contributed by atoms with Crippen LogP contribution in [-0.2, 0) is 17.6 Å². The summed E-state index contributed by atoms with van der Waals surface area (Å²) in [5.74, 6) is 1.59. The predicted octanol–water partition coefficient (Wildman–Crippen LogP) is 3.82. The SMILES string of the molecule is COc1ccccc1CC(=O)Cc1cc(Br)ccc1OC. The highest BCUT2D eigenvalue weighted by Crippen LogP contribution is 2.25. The second kappa shape index (κ2) is 7.27. The average molecular weight is 349 g/mol. The van der Waals surface area contributed by atoms with Gasteiger partial charge < -0.3 is 9.47 Å². The van der Waals surface area contributed by atoms with Crippen LogP contribution in [0.1, 0.15) is 11.1 Å². The summed E-state index contributed by atoms with van der Waals surface area (Å²) < 4.78 is 11.5. The molecule has 0 aromatic heterocycles. The highest BCUT2D eigenvalue weighted by atomic mass is 79.9. The summed E-state index contributed by atoms with van der Waals surface area (Å²) in [7, 11) is 3.22. The lowest BCUT2D eigenvalue weighted by Crippen LogP contribution is -2.08. The van der Waals surface area contributed by atoms with Crippen LogP contribution in [0.4, 0.5) is 0 Å². The van der Waals surface area contributed by atoms with Crippen molar-refractivity contribution in [2.24, 2.45) is 0 Å². The summed E-state index contributed by atoms with van der Waals surface area (Å²) in [6.45, 7) is 0. The van der Waals surface area contributed by atoms with Crippen LogP contribution in [0.2, 0.25) is 0 Å². The van der Waals surface area contributed by atoms with Gasteiger partial charge in [0, 0.05) is 28.4 Å². The molecular weight excluding hydrogens is 332 g/mol. The maximum Gasteiger partial charge on any atom is 0.141 e. The number of Topliss-reactive ketones (excluding diaryl/α,β-unsaturated/α-hetero) is 1. The number of methoxy groups -OCH3 is 2. The minimum absolute atomic E-state index is 0.121. The van der Waals surface area contributed by atoms with Crippen molar-refractivity contribution in [2.45, 2.75) is 12.8 Å². The zero-order valence-corrected chi connectivity index (χ0v) is 13.6. The third kappa shape index (κ3) is 4.08. The van der Waals surface area contributed by atoms with Gasteiger partial charge in [0.15, 0.2) is 0 Å². The number of ketones is 1. The van der Waals surface area contributed by atoms with Gasteiger partial charge in [0.25, 0.3) is 0 Å². The Bertz CT molecular complexity index is 638. The zero-order valence-electron chi connectivity index (χ0n) is 12.1. The molecule has 0 spiro atoms. The molecule has 21 heavy (non-hydrogen) atoms. The first kappa shape index (κ1) is 15.6. The van der Waals surface area contributed by atoms with Gasteiger partial charge in [0.2, 0.25) is 0 Å². The molecule has 0 aliphatic carbocycles. The number of para-hydroxylation sites is 1. The standard InChI is InChI=1S/C17H17BrO3/c1-20-16-6-4-3-5-12(16)10-15(19)11-13-9-14(18)7-8-17(13)21-2/h3-9H,10-11H2,1-2H3. The maximum absolute atomic E-state index is 12.3. The monoisotopic (exact) mass is 348 g/mol. The lowest BCUT2D eigenvalue weighted by atomic mass is 10.0. The van der Waals surface area contributed by atoms with Crippen LogP contribution in [-0.4, -0.2) is 20.0 Å². The molecule has 0 unspecified atom stereocenters. The van der Waals surface area contributed by atoms with Crippen LogP contribution in [0, 0.1) is 0 Å². The second-order valence-corrected chi connectivity index (χ2v) is 5.58. The fourth-order valence-electron chi connectivity index (χ4n) is 2.22. The third-order valence-corrected chi connectivity index (χ3v) is 3.70. The van der Waals surface area contributed by atoms with E-state index in [0.29, 0.717) is 12.8 Å². The number of hydrogen-bond donors (Lipinski definition) is 0. The summed E-state index contributed by atoms with van der Waals surface area (Å²) in [6, 6.07) is 13.2. The van der Waals surface area contributed by atoms with Crippen LogP contribution in [0.25, 0.3) is 0 Å². The van der Waals surface area contributed by atoms with Crippen LogP contribution in [0.3, 0.4) is 0 Å². The molecule has 0 aliphatic rings. The number of hydrogen-bond acceptors (Lipinski definition) is 3. The first-order valence-corrected chi connectivity index (χ1v) is 7.39. The Hall–Kier alpha value is -1.81. The zero-order chi connectivity index (χ0) is 15.2. The first-order valence-electron chi connectivity index (χ1n) is 6.60. The van der Waals surface area contributed by atoms with E-state index in [2.05, 4.69) is 15.9 Å². The summed E-state index contributed by atoms with van der Waals surface area (Å²) in [6.07, 6.45) is 0.681. The van der Waals surface area contributed by atoms with Crippen LogP contribution >= 0.6 is 15.9 Å². The Morgan fingerprint density at radius 3 is 2.29 bits per heavy atom. The van der Waals surface area contributed by atoms with Crippen molar-refractivity contribution in [3.05, 3.63) is 58.1 Å². The normalized spacial score (nSPS) is 10.2. The molecule has 0 saturated heterocycles. The van der Waals surface area contributed by atoms with Gasteiger partial charge in [-0.3, -0.25) is 4.79 Å². The molecule has 0 radical (unpaired) electrons. The molecule has 0 bridgehead atoms. The van der Waals surface area contributed by atoms with Crippen molar-refractivity contribution in [2.75, 3.05) is 14.2 Å². The molecular formula is C17H17BrO3. The summed E-state index contributed by atoms with van der Waals surface area (Å²) in [4.78, 5) is 12.3. The Labute approximate surface area is 133 Å². The van der Waals surface area contributed by atoms with Crippen LogP contribution in [0.5, 0.6) is 11.5 Å². The fourth-order valence-corrected chi connectivity index (χ4v) is 2.63. The van der Waals surface area contributed by atoms with Gasteiger partial charge in [-0.1, -0.05) is 34.1 Å². The first-order chi connectivity index (χ1) is 10.1. The molecule has 110 valence electrons. The van der Waals surface area contributed by atoms with Crippen molar-refractivity contribution < 1.29 is 14.3 Å². The highest BCUT2D eigenvalue weighted by molar-refractivity contribution is 9.10. The van der Waals surface area contributed by atoms with E-state index in [1.807, 2.05) is 42.5 Å². The molecule has 4 heteroatoms. The van der Waals surface area contributed by atoms with E-state index in [0.717, 1.165) is 27.1 Å². The summed E-state index contributed by atoms with van der Waals surface area (Å²) in [5, 5.41) is 0. The fraction of sp³-hybridized carbons (Fsp3) is 0.235. The van der Waals surface area contributed by atoms with Crippen LogP contribution < -0.4 is 9.47 Å². The lowest BCUT2D eigenvalue weighted by molar-refractivity contribution is -0.117. The molecule has 0 atom stereocenters. The average Bonchev–Trinajstić information content (AvgIpc) is 2.48. The van der Waals surface area contributed by atoms with E-state index in [-0.39, 0.29) is 5.78 Å². The van der Waals surface area contributed by atoms with E-state index in [9.17, 15) is 4.79 Å². The Morgan fingerprint density at radius 2 is 1.57 bits per heavy atom. The number of carbonyl (C=O) groups is 1. The molecule has 0 heterocycles. The smallest absolute Gasteiger partial charge is 0.141 e. The van der Waals surface area contributed by atoms with E-state index in [1.165, 1.54) is 0 Å². The van der Waals surface area contributed by atoms with Crippen molar-refractivity contribution in [1.29, 1.82) is 0 Å². The van der Waals surface area contributed by atoms with Gasteiger partial charge in [-0.15, -0.1) is 0 Å². The molecule has 0 fully saturated rings. The molecule has 0 aliphatic heterocycles. The number of rotatable bonds is 6. The number of benzene rings is 2. The maximum atomic E-state index is 12.3. The number of ether oxygens (including phenoxy) is 2. The van der Waals surface area contributed by atoms with Gasteiger partial charge in [-0.05, 0) is 24.3 Å². The number of carbonyl (C=O) groups excluding carboxylic acids is 1. The molecule has 0 N–H and O–H groups in total. The van der Waals surface area contributed by atoms with Crippen molar-refractivity contribution >= 4 is 21.7 Å². The van der Waals surface area contributed by atoms with E-state index in [4.69, 9.17) is 9.47 Å². The van der Waals surface area contributed by atoms with Gasteiger partial charge in [-0.2, -0.15) is 0 Å². The minimum atomic E-state index is 0.121. The van der Waals surface area contributed by atoms with Crippen LogP contribution in [0.15, 0.2) is 46.9 Å². The Kier molecular flexibility index (Phi) is 5.39. The van der Waals surface area contributed by atoms with Gasteiger partial charge in [-0.25, -0.2) is 0 Å². The predicted molar refractivity (Wildman–Crippen MR) is 86.1 cm³/mol. The van der Waals surface area contributed by atoms with Gasteiger partial charge in [0.1, 0.15) is 17.3 Å². The lowest BCUT2D eigenvalue weighted by Gasteiger charge is -2.10. The topological polar surface area (TPSA) is 35.5 Å². The van der Waals surface area contributed by atoms with Crippen molar-refractivity contribution in [3.8, 4) is 11.5 Å². The van der Waals surface area contributed by atoms with Crippen molar-refractivity contribution in [3.63, 3.8) is 0 Å². The quantitative estimate of drug-likeness (QED) is 0.795. The molecule has 2 aromatic carbocycles. The molecule has 2 aromatic rings. The van der Waals surface area contributed by atoms with Gasteiger partial charge in [0.05, 0.1) is 14.2 Å². The molecule has 0 saturated carbocycles. The summed E-state index contributed by atoms with van der Waals surface area (Å²) >= 11 is 3.42. The largest absolute Gasteiger partial charge is 0.496 e.